The second-order valence-electron chi connectivity index (χ2n) is 4.14. The van der Waals surface area contributed by atoms with Crippen LogP contribution in [0.1, 0.15) is 6.92 Å². The van der Waals surface area contributed by atoms with E-state index in [-0.39, 0.29) is 0 Å². The van der Waals surface area contributed by atoms with Crippen molar-refractivity contribution >= 4 is 34.2 Å². The molecular formula is C9H22N8O4S. The second kappa shape index (κ2) is 10.5. The summed E-state index contributed by atoms with van der Waals surface area (Å²) < 4.78 is 31.6. The van der Waals surface area contributed by atoms with Crippen LogP contribution in [-0.4, -0.2) is 79.4 Å². The molecule has 0 heterocycles. The zero-order chi connectivity index (χ0) is 17.9. The van der Waals surface area contributed by atoms with Crippen molar-refractivity contribution in [3.05, 3.63) is 0 Å². The molecule has 12 nitrogen and oxygen atoms in total. The number of hydrogen-bond donors (Lipinski definition) is 4. The molecule has 0 unspecified atom stereocenters. The summed E-state index contributed by atoms with van der Waals surface area (Å²) in [5, 5.41) is 15.1. The molecule has 22 heavy (non-hydrogen) atoms. The van der Waals surface area contributed by atoms with E-state index in [1.165, 1.54) is 6.21 Å². The monoisotopic (exact) mass is 338 g/mol. The second-order valence-corrected chi connectivity index (χ2v) is 5.03. The van der Waals surface area contributed by atoms with Crippen LogP contribution in [0.2, 0.25) is 0 Å². The lowest BCUT2D eigenvalue weighted by Gasteiger charge is -2.08. The van der Waals surface area contributed by atoms with Crippen LogP contribution in [0, 0.1) is 0 Å². The number of nitrogens with two attached hydrogens (primary N) is 2. The van der Waals surface area contributed by atoms with Gasteiger partial charge in [-0.2, -0.15) is 18.6 Å². The molecule has 0 aliphatic heterocycles. The summed E-state index contributed by atoms with van der Waals surface area (Å²) in [6.45, 7) is 1.73. The van der Waals surface area contributed by atoms with Crippen LogP contribution in [0.4, 0.5) is 0 Å². The van der Waals surface area contributed by atoms with Gasteiger partial charge >= 0.3 is 10.4 Å². The van der Waals surface area contributed by atoms with E-state index in [1.807, 2.05) is 0 Å². The molecule has 0 amide bonds. The SMILES string of the molecule is CC(/C=N/N=C(\N)N(C)C)=N\N=C(/N)N(C)C.O=S(=O)(O)O. The van der Waals surface area contributed by atoms with Gasteiger partial charge in [-0.3, -0.25) is 9.11 Å². The molecule has 0 fully saturated rings. The molecule has 6 N–H and O–H groups in total. The van der Waals surface area contributed by atoms with E-state index < -0.39 is 10.4 Å². The molecule has 0 spiro atoms. The lowest BCUT2D eigenvalue weighted by Crippen LogP contribution is -2.30. The third-order valence-corrected chi connectivity index (χ3v) is 1.63. The van der Waals surface area contributed by atoms with E-state index >= 15 is 0 Å². The molecule has 0 saturated heterocycles. The maximum atomic E-state index is 8.74. The molecule has 0 saturated carbocycles. The van der Waals surface area contributed by atoms with Crippen molar-refractivity contribution in [1.82, 2.24) is 9.80 Å². The molecule has 0 aromatic carbocycles. The summed E-state index contributed by atoms with van der Waals surface area (Å²) >= 11 is 0. The van der Waals surface area contributed by atoms with Crippen LogP contribution >= 0.6 is 0 Å². The average Bonchev–Trinajstić information content (AvgIpc) is 2.33. The Morgan fingerprint density at radius 2 is 1.32 bits per heavy atom. The van der Waals surface area contributed by atoms with Crippen LogP contribution in [0.15, 0.2) is 20.4 Å². The van der Waals surface area contributed by atoms with E-state index in [1.54, 1.807) is 44.9 Å². The van der Waals surface area contributed by atoms with Crippen LogP contribution in [0.5, 0.6) is 0 Å². The Bertz CT molecular complexity index is 542. The van der Waals surface area contributed by atoms with E-state index in [0.717, 1.165) is 0 Å². The zero-order valence-corrected chi connectivity index (χ0v) is 13.9. The highest BCUT2D eigenvalue weighted by Gasteiger charge is 1.93. The summed E-state index contributed by atoms with van der Waals surface area (Å²) in [4.78, 5) is 3.29. The molecule has 13 heteroatoms. The van der Waals surface area contributed by atoms with Crippen LogP contribution in [0.25, 0.3) is 0 Å². The maximum Gasteiger partial charge on any atom is 0.394 e. The van der Waals surface area contributed by atoms with Gasteiger partial charge in [-0.25, -0.2) is 0 Å². The number of guanidine groups is 2. The molecule has 0 aliphatic carbocycles. The minimum absolute atomic E-state index is 0.311. The van der Waals surface area contributed by atoms with Crippen molar-refractivity contribution in [3.8, 4) is 0 Å². The van der Waals surface area contributed by atoms with Crippen molar-refractivity contribution in [2.75, 3.05) is 28.2 Å². The molecule has 0 radical (unpaired) electrons. The van der Waals surface area contributed by atoms with Gasteiger partial charge in [0.1, 0.15) is 0 Å². The largest absolute Gasteiger partial charge is 0.394 e. The van der Waals surface area contributed by atoms with E-state index in [0.29, 0.717) is 17.6 Å². The number of nitrogens with zero attached hydrogens (tertiary/aromatic N) is 6. The normalized spacial score (nSPS) is 13.7. The van der Waals surface area contributed by atoms with Gasteiger partial charge in [0.15, 0.2) is 0 Å². The minimum atomic E-state index is -4.67. The van der Waals surface area contributed by atoms with E-state index in [2.05, 4.69) is 20.4 Å². The molecule has 0 rings (SSSR count). The first-order valence-electron chi connectivity index (χ1n) is 5.63. The third-order valence-electron chi connectivity index (χ3n) is 1.63. The molecule has 128 valence electrons. The van der Waals surface area contributed by atoms with Gasteiger partial charge in [-0.05, 0) is 6.92 Å². The topological polar surface area (TPSA) is 183 Å². The van der Waals surface area contributed by atoms with Crippen molar-refractivity contribution in [2.45, 2.75) is 6.92 Å². The standard InChI is InChI=1S/C9H20N8.H2O4S/c1-7(13-15-9(11)17(4)5)6-12-14-8(10)16(2)3;1-5(2,3)4/h6H,1-5H3,(H2,10,14)(H2,11,15);(H2,1,2,3,4)/b12-6+,13-7+;. The zero-order valence-electron chi connectivity index (χ0n) is 13.0. The summed E-state index contributed by atoms with van der Waals surface area (Å²) in [6.07, 6.45) is 1.45. The van der Waals surface area contributed by atoms with Gasteiger partial charge in [0.05, 0.1) is 11.9 Å². The molecule has 0 bridgehead atoms. The Hall–Kier alpha value is -2.25. The maximum absolute atomic E-state index is 8.74. The Morgan fingerprint density at radius 1 is 0.955 bits per heavy atom. The average molecular weight is 338 g/mol. The highest BCUT2D eigenvalue weighted by atomic mass is 32.3. The quantitative estimate of drug-likeness (QED) is 0.206. The third kappa shape index (κ3) is 17.8. The fourth-order valence-corrected chi connectivity index (χ4v) is 0.506. The Balaban J connectivity index is 0. The van der Waals surface area contributed by atoms with Gasteiger partial charge in [0.25, 0.3) is 0 Å². The Morgan fingerprint density at radius 3 is 1.68 bits per heavy atom. The first-order valence-corrected chi connectivity index (χ1v) is 7.03. The Labute approximate surface area is 129 Å². The lowest BCUT2D eigenvalue weighted by molar-refractivity contribution is 0.381. The minimum Gasteiger partial charge on any atom is -0.368 e. The fourth-order valence-electron chi connectivity index (χ4n) is 0.506. The van der Waals surface area contributed by atoms with Crippen molar-refractivity contribution in [2.24, 2.45) is 31.9 Å². The molecule has 0 aromatic rings. The molecular weight excluding hydrogens is 316 g/mol. The first-order chi connectivity index (χ1) is 9.84. The molecule has 0 aliphatic rings. The highest BCUT2D eigenvalue weighted by molar-refractivity contribution is 7.79. The smallest absolute Gasteiger partial charge is 0.368 e. The van der Waals surface area contributed by atoms with Gasteiger partial charge in [0, 0.05) is 28.2 Å². The summed E-state index contributed by atoms with van der Waals surface area (Å²) in [6, 6.07) is 0. The van der Waals surface area contributed by atoms with Crippen LogP contribution in [-0.2, 0) is 10.4 Å². The number of rotatable bonds is 3. The molecule has 0 aromatic heterocycles. The van der Waals surface area contributed by atoms with E-state index in [9.17, 15) is 0 Å². The Kier molecular flexibility index (Phi) is 10.5. The predicted octanol–water partition coefficient (Wildman–Crippen LogP) is -1.55. The summed E-state index contributed by atoms with van der Waals surface area (Å²) in [5.74, 6) is 0.624. The predicted molar refractivity (Wildman–Crippen MR) is 86.4 cm³/mol. The fraction of sp³-hybridized carbons (Fsp3) is 0.556. The number of hydrogen-bond acceptors (Lipinski definition) is 6. The van der Waals surface area contributed by atoms with Gasteiger partial charge in [-0.1, -0.05) is 0 Å². The van der Waals surface area contributed by atoms with Crippen LogP contribution < -0.4 is 11.5 Å². The lowest BCUT2D eigenvalue weighted by atomic mass is 10.5. The summed E-state index contributed by atoms with van der Waals surface area (Å²) in [5.41, 5.74) is 11.7. The van der Waals surface area contributed by atoms with E-state index in [4.69, 9.17) is 29.0 Å². The van der Waals surface area contributed by atoms with Crippen molar-refractivity contribution in [3.63, 3.8) is 0 Å². The van der Waals surface area contributed by atoms with Crippen molar-refractivity contribution < 1.29 is 17.5 Å². The molecule has 0 atom stereocenters. The first kappa shape index (κ1) is 22.0. The van der Waals surface area contributed by atoms with Gasteiger partial charge < -0.3 is 21.3 Å². The van der Waals surface area contributed by atoms with Crippen LogP contribution in [0.3, 0.4) is 0 Å². The van der Waals surface area contributed by atoms with Gasteiger partial charge in [-0.15, -0.1) is 10.2 Å². The van der Waals surface area contributed by atoms with Crippen molar-refractivity contribution in [1.29, 1.82) is 0 Å². The van der Waals surface area contributed by atoms with Gasteiger partial charge in [0.2, 0.25) is 11.9 Å². The summed E-state index contributed by atoms with van der Waals surface area (Å²) in [7, 11) is 2.44. The highest BCUT2D eigenvalue weighted by Crippen LogP contribution is 1.82.